The van der Waals surface area contributed by atoms with Gasteiger partial charge in [-0.15, -0.1) is 0 Å². The monoisotopic (exact) mass is 807 g/mol. The molecule has 3 atom stereocenters. The Hall–Kier alpha value is -1.59. The number of carbonyl (C=O) groups excluding carboxylic acids is 3. The molecule has 0 radical (unpaired) electrons. The smallest absolute Gasteiger partial charge is 0.306 e. The molecule has 0 fully saturated rings. The SMILES string of the molecule is CCCCCCCCCCCCCC(=O)OC[C@@H](COC(=O)CCCCCCCCC(C)CC)OC(=O)CCCCCCCCCCCCCCCCC(C)CC. The Morgan fingerprint density at radius 3 is 0.912 bits per heavy atom. The van der Waals surface area contributed by atoms with Gasteiger partial charge in [-0.05, 0) is 31.1 Å². The Labute approximate surface area is 355 Å². The van der Waals surface area contributed by atoms with Crippen molar-refractivity contribution in [3.8, 4) is 0 Å². The van der Waals surface area contributed by atoms with Gasteiger partial charge in [0.1, 0.15) is 13.2 Å². The maximum Gasteiger partial charge on any atom is 0.306 e. The molecule has 6 heteroatoms. The first-order chi connectivity index (χ1) is 27.8. The summed E-state index contributed by atoms with van der Waals surface area (Å²) in [6.07, 6.45) is 43.7. The molecule has 0 aromatic rings. The molecule has 2 unspecified atom stereocenters. The summed E-state index contributed by atoms with van der Waals surface area (Å²) in [6.45, 7) is 11.4. The highest BCUT2D eigenvalue weighted by Crippen LogP contribution is 2.18. The summed E-state index contributed by atoms with van der Waals surface area (Å²) >= 11 is 0. The van der Waals surface area contributed by atoms with Crippen LogP contribution in [0.2, 0.25) is 0 Å². The number of unbranched alkanes of at least 4 members (excludes halogenated alkanes) is 28. The van der Waals surface area contributed by atoms with E-state index in [1.54, 1.807) is 0 Å². The van der Waals surface area contributed by atoms with Crippen molar-refractivity contribution < 1.29 is 28.6 Å². The first-order valence-corrected chi connectivity index (χ1v) is 25.3. The van der Waals surface area contributed by atoms with E-state index in [-0.39, 0.29) is 31.1 Å². The maximum atomic E-state index is 12.8. The van der Waals surface area contributed by atoms with Crippen LogP contribution in [0.15, 0.2) is 0 Å². The van der Waals surface area contributed by atoms with E-state index in [0.29, 0.717) is 19.3 Å². The van der Waals surface area contributed by atoms with Crippen molar-refractivity contribution in [1.29, 1.82) is 0 Å². The van der Waals surface area contributed by atoms with E-state index >= 15 is 0 Å². The van der Waals surface area contributed by atoms with Crippen molar-refractivity contribution in [2.24, 2.45) is 11.8 Å². The van der Waals surface area contributed by atoms with Gasteiger partial charge in [0.05, 0.1) is 0 Å². The molecule has 57 heavy (non-hydrogen) atoms. The van der Waals surface area contributed by atoms with Gasteiger partial charge in [0, 0.05) is 19.3 Å². The van der Waals surface area contributed by atoms with Crippen LogP contribution in [0.4, 0.5) is 0 Å². The molecule has 0 bridgehead atoms. The lowest BCUT2D eigenvalue weighted by molar-refractivity contribution is -0.167. The van der Waals surface area contributed by atoms with Crippen molar-refractivity contribution in [1.82, 2.24) is 0 Å². The lowest BCUT2D eigenvalue weighted by Gasteiger charge is -2.18. The molecule has 0 saturated heterocycles. The van der Waals surface area contributed by atoms with Crippen molar-refractivity contribution in [3.63, 3.8) is 0 Å². The molecule has 0 rings (SSSR count). The van der Waals surface area contributed by atoms with Gasteiger partial charge in [0.2, 0.25) is 0 Å². The minimum Gasteiger partial charge on any atom is -0.462 e. The summed E-state index contributed by atoms with van der Waals surface area (Å²) in [6, 6.07) is 0. The topological polar surface area (TPSA) is 78.9 Å². The largest absolute Gasteiger partial charge is 0.462 e. The Balaban J connectivity index is 4.28. The highest BCUT2D eigenvalue weighted by atomic mass is 16.6. The molecule has 0 aliphatic heterocycles. The van der Waals surface area contributed by atoms with E-state index in [4.69, 9.17) is 14.2 Å². The summed E-state index contributed by atoms with van der Waals surface area (Å²) in [4.78, 5) is 37.8. The fourth-order valence-corrected chi connectivity index (χ4v) is 7.57. The molecular weight excluding hydrogens is 709 g/mol. The number of hydrogen-bond acceptors (Lipinski definition) is 6. The Kier molecular flexibility index (Phi) is 42.7. The molecule has 0 saturated carbocycles. The Morgan fingerprint density at radius 2 is 0.614 bits per heavy atom. The molecular formula is C51H98O6. The van der Waals surface area contributed by atoms with Crippen molar-refractivity contribution in [3.05, 3.63) is 0 Å². The minimum atomic E-state index is -0.761. The highest BCUT2D eigenvalue weighted by Gasteiger charge is 2.19. The highest BCUT2D eigenvalue weighted by molar-refractivity contribution is 5.71. The van der Waals surface area contributed by atoms with Gasteiger partial charge in [0.15, 0.2) is 6.10 Å². The average molecular weight is 807 g/mol. The molecule has 0 heterocycles. The van der Waals surface area contributed by atoms with Crippen LogP contribution in [0.5, 0.6) is 0 Å². The quantitative estimate of drug-likeness (QED) is 0.0346. The van der Waals surface area contributed by atoms with Crippen LogP contribution in [0.1, 0.15) is 279 Å². The summed E-state index contributed by atoms with van der Waals surface area (Å²) in [5, 5.41) is 0. The molecule has 0 aromatic heterocycles. The molecule has 338 valence electrons. The third kappa shape index (κ3) is 42.3. The summed E-state index contributed by atoms with van der Waals surface area (Å²) in [5.74, 6) is 0.855. The molecule has 6 nitrogen and oxygen atoms in total. The first kappa shape index (κ1) is 55.4. The van der Waals surface area contributed by atoms with Gasteiger partial charge in [-0.2, -0.15) is 0 Å². The van der Waals surface area contributed by atoms with Crippen LogP contribution in [0, 0.1) is 11.8 Å². The fraction of sp³-hybridized carbons (Fsp3) is 0.941. The van der Waals surface area contributed by atoms with Crippen LogP contribution >= 0.6 is 0 Å². The van der Waals surface area contributed by atoms with Crippen LogP contribution in [-0.4, -0.2) is 37.2 Å². The zero-order valence-electron chi connectivity index (χ0n) is 39.0. The third-order valence-electron chi connectivity index (χ3n) is 12.2. The lowest BCUT2D eigenvalue weighted by atomic mass is 9.99. The molecule has 0 aliphatic carbocycles. The Bertz CT molecular complexity index is 874. The van der Waals surface area contributed by atoms with Crippen LogP contribution < -0.4 is 0 Å². The van der Waals surface area contributed by atoms with E-state index in [2.05, 4.69) is 34.6 Å². The summed E-state index contributed by atoms with van der Waals surface area (Å²) < 4.78 is 16.8. The van der Waals surface area contributed by atoms with E-state index in [0.717, 1.165) is 69.6 Å². The normalized spacial score (nSPS) is 13.0. The third-order valence-corrected chi connectivity index (χ3v) is 12.2. The van der Waals surface area contributed by atoms with E-state index in [9.17, 15) is 14.4 Å². The average Bonchev–Trinajstić information content (AvgIpc) is 3.21. The van der Waals surface area contributed by atoms with Crippen LogP contribution in [0.25, 0.3) is 0 Å². The zero-order chi connectivity index (χ0) is 41.9. The zero-order valence-corrected chi connectivity index (χ0v) is 39.0. The Morgan fingerprint density at radius 1 is 0.351 bits per heavy atom. The van der Waals surface area contributed by atoms with Gasteiger partial charge < -0.3 is 14.2 Å². The lowest BCUT2D eigenvalue weighted by Crippen LogP contribution is -2.30. The van der Waals surface area contributed by atoms with Crippen molar-refractivity contribution in [2.45, 2.75) is 285 Å². The molecule has 0 aliphatic rings. The minimum absolute atomic E-state index is 0.0646. The molecule has 0 spiro atoms. The van der Waals surface area contributed by atoms with Crippen molar-refractivity contribution in [2.75, 3.05) is 13.2 Å². The second-order valence-electron chi connectivity index (χ2n) is 17.9. The second-order valence-corrected chi connectivity index (χ2v) is 17.9. The van der Waals surface area contributed by atoms with E-state index < -0.39 is 6.10 Å². The standard InChI is InChI=1S/C51H98O6/c1-6-9-10-11-12-13-18-22-25-31-36-41-49(52)55-44-48(45-56-50(53)42-37-32-28-27-30-35-40-47(5)8-3)57-51(54)43-38-33-26-23-20-17-15-14-16-19-21-24-29-34-39-46(4)7-2/h46-48H,6-45H2,1-5H3/t46?,47?,48-/m0/s1. The van der Waals surface area contributed by atoms with Gasteiger partial charge in [-0.3, -0.25) is 14.4 Å². The number of carbonyl (C=O) groups is 3. The van der Waals surface area contributed by atoms with Gasteiger partial charge in [-0.25, -0.2) is 0 Å². The van der Waals surface area contributed by atoms with Crippen LogP contribution in [-0.2, 0) is 28.6 Å². The summed E-state index contributed by atoms with van der Waals surface area (Å²) in [5.41, 5.74) is 0. The molecule has 0 aromatic carbocycles. The number of rotatable bonds is 45. The van der Waals surface area contributed by atoms with E-state index in [1.165, 1.54) is 167 Å². The number of ether oxygens (including phenoxy) is 3. The predicted octanol–water partition coefficient (Wildman–Crippen LogP) is 16.1. The fourth-order valence-electron chi connectivity index (χ4n) is 7.57. The van der Waals surface area contributed by atoms with Gasteiger partial charge in [-0.1, -0.05) is 240 Å². The maximum absolute atomic E-state index is 12.8. The van der Waals surface area contributed by atoms with E-state index in [1.807, 2.05) is 0 Å². The first-order valence-electron chi connectivity index (χ1n) is 25.3. The molecule has 0 N–H and O–H groups in total. The van der Waals surface area contributed by atoms with Gasteiger partial charge in [0.25, 0.3) is 0 Å². The summed E-state index contributed by atoms with van der Waals surface area (Å²) in [7, 11) is 0. The predicted molar refractivity (Wildman–Crippen MR) is 243 cm³/mol. The number of esters is 3. The van der Waals surface area contributed by atoms with Crippen LogP contribution in [0.3, 0.4) is 0 Å². The molecule has 0 amide bonds. The van der Waals surface area contributed by atoms with Gasteiger partial charge >= 0.3 is 17.9 Å². The van der Waals surface area contributed by atoms with Crippen molar-refractivity contribution >= 4 is 17.9 Å². The number of hydrogen-bond donors (Lipinski definition) is 0. The second kappa shape index (κ2) is 44.0.